The lowest BCUT2D eigenvalue weighted by Gasteiger charge is -2.07. The first-order valence-corrected chi connectivity index (χ1v) is 9.45. The van der Waals surface area contributed by atoms with E-state index in [1.54, 1.807) is 12.1 Å². The van der Waals surface area contributed by atoms with Crippen LogP contribution in [0.5, 0.6) is 0 Å². The van der Waals surface area contributed by atoms with Crippen LogP contribution in [-0.4, -0.2) is 25.8 Å². The van der Waals surface area contributed by atoms with E-state index in [1.807, 2.05) is 37.3 Å². The third-order valence-corrected chi connectivity index (χ3v) is 5.22. The number of carbonyl (C=O) groups is 1. The van der Waals surface area contributed by atoms with Gasteiger partial charge >= 0.3 is 0 Å². The fourth-order valence-electron chi connectivity index (χ4n) is 1.89. The molecule has 22 heavy (non-hydrogen) atoms. The first-order valence-electron chi connectivity index (χ1n) is 6.82. The van der Waals surface area contributed by atoms with Gasteiger partial charge in [-0.1, -0.05) is 49.4 Å². The zero-order valence-corrected chi connectivity index (χ0v) is 13.8. The molecule has 2 aromatic rings. The lowest BCUT2D eigenvalue weighted by molar-refractivity contribution is -0.116. The summed E-state index contributed by atoms with van der Waals surface area (Å²) < 4.78 is 26.3. The molecule has 0 fully saturated rings. The summed E-state index contributed by atoms with van der Waals surface area (Å²) in [5.41, 5.74) is 1.93. The summed E-state index contributed by atoms with van der Waals surface area (Å²) in [7, 11) is -3.80. The predicted octanol–water partition coefficient (Wildman–Crippen LogP) is 2.91. The van der Waals surface area contributed by atoms with Gasteiger partial charge in [0.05, 0.1) is 10.6 Å². The number of benzene rings is 2. The van der Waals surface area contributed by atoms with E-state index in [2.05, 4.69) is 4.72 Å². The van der Waals surface area contributed by atoms with Crippen molar-refractivity contribution in [3.8, 4) is 11.1 Å². The second kappa shape index (κ2) is 7.47. The number of nitrogens with one attached hydrogen (secondary N) is 1. The monoisotopic (exact) mass is 335 g/mol. The molecule has 0 aliphatic rings. The zero-order chi connectivity index (χ0) is 16.0. The van der Waals surface area contributed by atoms with Crippen molar-refractivity contribution in [3.05, 3.63) is 54.6 Å². The van der Waals surface area contributed by atoms with E-state index in [9.17, 15) is 13.2 Å². The first-order chi connectivity index (χ1) is 10.5. The van der Waals surface area contributed by atoms with Gasteiger partial charge < -0.3 is 0 Å². The molecule has 0 spiro atoms. The highest BCUT2D eigenvalue weighted by atomic mass is 32.2. The minimum Gasteiger partial charge on any atom is -0.273 e. The van der Waals surface area contributed by atoms with Gasteiger partial charge in [-0.2, -0.15) is 11.8 Å². The molecule has 6 heteroatoms. The van der Waals surface area contributed by atoms with Gasteiger partial charge in [-0.25, -0.2) is 13.1 Å². The first kappa shape index (κ1) is 16.6. The van der Waals surface area contributed by atoms with Crippen LogP contribution in [0.25, 0.3) is 11.1 Å². The Morgan fingerprint density at radius 1 is 1.00 bits per heavy atom. The summed E-state index contributed by atoms with van der Waals surface area (Å²) in [6, 6.07) is 16.1. The van der Waals surface area contributed by atoms with E-state index in [-0.39, 0.29) is 10.6 Å². The minimum absolute atomic E-state index is 0.0852. The summed E-state index contributed by atoms with van der Waals surface area (Å²) in [4.78, 5) is 11.7. The molecule has 0 bridgehead atoms. The van der Waals surface area contributed by atoms with Gasteiger partial charge in [-0.15, -0.1) is 0 Å². The number of hydrogen-bond acceptors (Lipinski definition) is 4. The lowest BCUT2D eigenvalue weighted by atomic mass is 10.1. The van der Waals surface area contributed by atoms with Gasteiger partial charge in [0, 0.05) is 0 Å². The van der Waals surface area contributed by atoms with Crippen molar-refractivity contribution < 1.29 is 13.2 Å². The highest BCUT2D eigenvalue weighted by Gasteiger charge is 2.17. The third-order valence-electron chi connectivity index (χ3n) is 2.96. The van der Waals surface area contributed by atoms with Crippen LogP contribution in [0.4, 0.5) is 0 Å². The van der Waals surface area contributed by atoms with E-state index in [1.165, 1.54) is 23.9 Å². The predicted molar refractivity (Wildman–Crippen MR) is 90.2 cm³/mol. The highest BCUT2D eigenvalue weighted by Crippen LogP contribution is 2.20. The van der Waals surface area contributed by atoms with Crippen LogP contribution in [0, 0.1) is 0 Å². The Bertz CT molecular complexity index is 726. The largest absolute Gasteiger partial charge is 0.273 e. The van der Waals surface area contributed by atoms with Crippen LogP contribution >= 0.6 is 11.8 Å². The van der Waals surface area contributed by atoms with Crippen LogP contribution in [0.3, 0.4) is 0 Å². The number of thioether (sulfide) groups is 1. The molecule has 0 aliphatic heterocycles. The van der Waals surface area contributed by atoms with E-state index in [0.717, 1.165) is 16.9 Å². The Hall–Kier alpha value is -1.79. The molecule has 0 aliphatic carbocycles. The number of sulfonamides is 1. The van der Waals surface area contributed by atoms with Crippen LogP contribution < -0.4 is 4.72 Å². The molecule has 1 N–H and O–H groups in total. The van der Waals surface area contributed by atoms with Gasteiger partial charge in [0.15, 0.2) is 0 Å². The van der Waals surface area contributed by atoms with Crippen LogP contribution in [0.1, 0.15) is 6.92 Å². The molecule has 0 saturated carbocycles. The molecule has 0 radical (unpaired) electrons. The zero-order valence-electron chi connectivity index (χ0n) is 12.2. The fourth-order valence-corrected chi connectivity index (χ4v) is 3.43. The van der Waals surface area contributed by atoms with Gasteiger partial charge in [0.1, 0.15) is 0 Å². The molecule has 0 atom stereocenters. The van der Waals surface area contributed by atoms with Crippen LogP contribution in [0.2, 0.25) is 0 Å². The van der Waals surface area contributed by atoms with E-state index in [4.69, 9.17) is 0 Å². The maximum absolute atomic E-state index is 12.1. The number of rotatable bonds is 6. The SMILES string of the molecule is CCSCC(=O)NS(=O)(=O)c1ccc(-c2ccccc2)cc1. The Morgan fingerprint density at radius 3 is 2.18 bits per heavy atom. The molecule has 0 unspecified atom stereocenters. The minimum atomic E-state index is -3.80. The van der Waals surface area contributed by atoms with Crippen molar-refractivity contribution in [1.29, 1.82) is 0 Å². The van der Waals surface area contributed by atoms with Gasteiger partial charge in [-0.3, -0.25) is 4.79 Å². The second-order valence-electron chi connectivity index (χ2n) is 4.56. The maximum Gasteiger partial charge on any atom is 0.264 e. The Labute approximate surface area is 135 Å². The second-order valence-corrected chi connectivity index (χ2v) is 7.51. The van der Waals surface area contributed by atoms with Crippen molar-refractivity contribution in [1.82, 2.24) is 4.72 Å². The van der Waals surface area contributed by atoms with E-state index >= 15 is 0 Å². The maximum atomic E-state index is 12.1. The quantitative estimate of drug-likeness (QED) is 0.881. The molecule has 1 amide bonds. The average molecular weight is 335 g/mol. The van der Waals surface area contributed by atoms with Crippen molar-refractivity contribution in [2.45, 2.75) is 11.8 Å². The van der Waals surface area contributed by atoms with Crippen molar-refractivity contribution in [2.24, 2.45) is 0 Å². The number of amides is 1. The summed E-state index contributed by atoms with van der Waals surface area (Å²) in [6.07, 6.45) is 0. The smallest absolute Gasteiger partial charge is 0.264 e. The highest BCUT2D eigenvalue weighted by molar-refractivity contribution is 8.00. The van der Waals surface area contributed by atoms with E-state index in [0.29, 0.717) is 0 Å². The third kappa shape index (κ3) is 4.35. The molecule has 116 valence electrons. The molecule has 2 aromatic carbocycles. The summed E-state index contributed by atoms with van der Waals surface area (Å²) in [6.45, 7) is 1.91. The molecule has 0 aromatic heterocycles. The molecular formula is C16H17NO3S2. The summed E-state index contributed by atoms with van der Waals surface area (Å²) in [5, 5.41) is 0. The molecule has 0 saturated heterocycles. The topological polar surface area (TPSA) is 63.2 Å². The van der Waals surface area contributed by atoms with Gasteiger partial charge in [-0.05, 0) is 29.0 Å². The van der Waals surface area contributed by atoms with E-state index < -0.39 is 15.9 Å². The Morgan fingerprint density at radius 2 is 1.59 bits per heavy atom. The molecule has 2 rings (SSSR count). The molecule has 0 heterocycles. The summed E-state index contributed by atoms with van der Waals surface area (Å²) >= 11 is 1.38. The van der Waals surface area contributed by atoms with Gasteiger partial charge in [0.25, 0.3) is 10.0 Å². The Kier molecular flexibility index (Phi) is 5.63. The Balaban J connectivity index is 2.14. The summed E-state index contributed by atoms with van der Waals surface area (Å²) in [5.74, 6) is 0.399. The van der Waals surface area contributed by atoms with Crippen molar-refractivity contribution in [2.75, 3.05) is 11.5 Å². The lowest BCUT2D eigenvalue weighted by Crippen LogP contribution is -2.31. The normalized spacial score (nSPS) is 11.1. The van der Waals surface area contributed by atoms with Crippen molar-refractivity contribution in [3.63, 3.8) is 0 Å². The molecular weight excluding hydrogens is 318 g/mol. The fraction of sp³-hybridized carbons (Fsp3) is 0.188. The van der Waals surface area contributed by atoms with Crippen LogP contribution in [0.15, 0.2) is 59.5 Å². The number of carbonyl (C=O) groups excluding carboxylic acids is 1. The standard InChI is InChI=1S/C16H17NO3S2/c1-2-21-12-16(18)17-22(19,20)15-10-8-14(9-11-15)13-6-4-3-5-7-13/h3-11H,2,12H2,1H3,(H,17,18). The van der Waals surface area contributed by atoms with Crippen LogP contribution in [-0.2, 0) is 14.8 Å². The number of hydrogen-bond donors (Lipinski definition) is 1. The average Bonchev–Trinajstić information content (AvgIpc) is 2.53. The molecule has 4 nitrogen and oxygen atoms in total. The van der Waals surface area contributed by atoms with Gasteiger partial charge in [0.2, 0.25) is 5.91 Å². The van der Waals surface area contributed by atoms with Crippen molar-refractivity contribution >= 4 is 27.7 Å².